The van der Waals surface area contributed by atoms with Crippen molar-refractivity contribution in [2.24, 2.45) is 0 Å². The molecule has 0 heterocycles. The topological polar surface area (TPSA) is 93.2 Å². The SMILES string of the molecule is CCCCOc1ccc(N(Cc2ccc(C3CCCCC3)cc2)C(=O)CN(C)S(=O)(=O)c2c(F)c(F)c(F)c(F)c2F)cc1C(=O)OCc1ccccc1. The fraction of sp³-hybridized carbons (Fsp3) is 0.350. The second kappa shape index (κ2) is 18.0. The van der Waals surface area contributed by atoms with Crippen LogP contribution in [0.4, 0.5) is 27.6 Å². The minimum atomic E-state index is -5.44. The third-order valence-electron chi connectivity index (χ3n) is 9.36. The first-order valence-corrected chi connectivity index (χ1v) is 19.1. The summed E-state index contributed by atoms with van der Waals surface area (Å²) in [5.41, 5.74) is 2.59. The van der Waals surface area contributed by atoms with Gasteiger partial charge in [0.25, 0.3) is 0 Å². The molecule has 0 spiro atoms. The molecule has 0 radical (unpaired) electrons. The number of amides is 1. The summed E-state index contributed by atoms with van der Waals surface area (Å²) in [5.74, 6) is -13.7. The second-order valence-electron chi connectivity index (χ2n) is 13.2. The highest BCUT2D eigenvalue weighted by Crippen LogP contribution is 2.34. The van der Waals surface area contributed by atoms with Crippen LogP contribution in [-0.4, -0.2) is 44.8 Å². The predicted octanol–water partition coefficient (Wildman–Crippen LogP) is 8.82. The van der Waals surface area contributed by atoms with Crippen LogP contribution in [-0.2, 0) is 32.7 Å². The number of likely N-dealkylation sites (N-methyl/N-ethyl adjacent to an activating group) is 1. The summed E-state index contributed by atoms with van der Waals surface area (Å²) in [5, 5.41) is 0. The quantitative estimate of drug-likeness (QED) is 0.0395. The van der Waals surface area contributed by atoms with Crippen molar-refractivity contribution in [1.82, 2.24) is 4.31 Å². The number of nitrogens with zero attached hydrogens (tertiary/aromatic N) is 2. The molecule has 14 heteroatoms. The van der Waals surface area contributed by atoms with E-state index in [2.05, 4.69) is 0 Å². The highest BCUT2D eigenvalue weighted by Gasteiger charge is 2.37. The summed E-state index contributed by atoms with van der Waals surface area (Å²) in [6, 6.07) is 20.9. The Kier molecular flexibility index (Phi) is 13.5. The average Bonchev–Trinajstić information content (AvgIpc) is 3.18. The molecule has 1 aliphatic rings. The number of carbonyl (C=O) groups is 2. The summed E-state index contributed by atoms with van der Waals surface area (Å²) in [7, 11) is -4.67. The molecule has 1 fully saturated rings. The summed E-state index contributed by atoms with van der Waals surface area (Å²) < 4.78 is 109. The molecule has 0 saturated heterocycles. The molecule has 288 valence electrons. The number of halogens is 5. The van der Waals surface area contributed by atoms with Gasteiger partial charge in [-0.15, -0.1) is 0 Å². The van der Waals surface area contributed by atoms with Gasteiger partial charge in [0, 0.05) is 12.7 Å². The van der Waals surface area contributed by atoms with E-state index in [4.69, 9.17) is 9.47 Å². The van der Waals surface area contributed by atoms with E-state index in [0.717, 1.165) is 55.2 Å². The molecule has 5 rings (SSSR count). The Morgan fingerprint density at radius 1 is 0.796 bits per heavy atom. The number of benzene rings is 4. The van der Waals surface area contributed by atoms with Gasteiger partial charge in [0.15, 0.2) is 28.2 Å². The monoisotopic (exact) mass is 772 g/mol. The van der Waals surface area contributed by atoms with Crippen molar-refractivity contribution in [3.8, 4) is 5.75 Å². The lowest BCUT2D eigenvalue weighted by molar-refractivity contribution is -0.118. The van der Waals surface area contributed by atoms with Gasteiger partial charge in [0.05, 0.1) is 19.7 Å². The Bertz CT molecular complexity index is 2030. The van der Waals surface area contributed by atoms with Crippen LogP contribution < -0.4 is 9.64 Å². The van der Waals surface area contributed by atoms with Crippen LogP contribution in [0.15, 0.2) is 77.7 Å². The first kappa shape index (κ1) is 40.4. The fourth-order valence-corrected chi connectivity index (χ4v) is 7.49. The van der Waals surface area contributed by atoms with Gasteiger partial charge in [0.1, 0.15) is 17.9 Å². The lowest BCUT2D eigenvalue weighted by Crippen LogP contribution is -2.41. The molecule has 1 aliphatic carbocycles. The Morgan fingerprint density at radius 3 is 2.06 bits per heavy atom. The van der Waals surface area contributed by atoms with E-state index in [9.17, 15) is 40.0 Å². The Hall–Kier alpha value is -4.82. The van der Waals surface area contributed by atoms with E-state index >= 15 is 0 Å². The van der Waals surface area contributed by atoms with Crippen LogP contribution in [0.25, 0.3) is 0 Å². The third-order valence-corrected chi connectivity index (χ3v) is 11.2. The van der Waals surface area contributed by atoms with Crippen molar-refractivity contribution >= 4 is 27.6 Å². The van der Waals surface area contributed by atoms with Gasteiger partial charge in [-0.1, -0.05) is 87.2 Å². The second-order valence-corrected chi connectivity index (χ2v) is 15.1. The van der Waals surface area contributed by atoms with E-state index in [1.165, 1.54) is 24.6 Å². The standard InChI is InChI=1S/C40H41F5N2O6S/c1-3-4-21-52-32-20-19-30(22-31(32)40(49)53-25-27-11-7-5-8-12-27)47(23-26-15-17-29(18-16-26)28-13-9-6-10-14-28)33(48)24-46(2)54(50,51)39-37(44)35(42)34(41)36(43)38(39)45/h5,7-8,11-12,15-20,22,28H,3-4,6,9-10,13-14,21,23-25H2,1-2H3. The van der Waals surface area contributed by atoms with Crippen molar-refractivity contribution < 1.29 is 49.4 Å². The van der Waals surface area contributed by atoms with Crippen LogP contribution in [0.1, 0.15) is 84.8 Å². The molecular weight excluding hydrogens is 732 g/mol. The highest BCUT2D eigenvalue weighted by molar-refractivity contribution is 7.89. The lowest BCUT2D eigenvalue weighted by Gasteiger charge is -2.27. The number of esters is 1. The van der Waals surface area contributed by atoms with E-state index in [0.29, 0.717) is 17.9 Å². The summed E-state index contributed by atoms with van der Waals surface area (Å²) in [6.45, 7) is 0.967. The molecule has 54 heavy (non-hydrogen) atoms. The van der Waals surface area contributed by atoms with Crippen molar-refractivity contribution in [3.63, 3.8) is 0 Å². The molecule has 1 saturated carbocycles. The van der Waals surface area contributed by atoms with Crippen molar-refractivity contribution in [3.05, 3.63) is 124 Å². The molecule has 0 N–H and O–H groups in total. The number of unbranched alkanes of at least 4 members (excludes halogenated alkanes) is 1. The number of rotatable bonds is 15. The minimum absolute atomic E-state index is 0.0210. The summed E-state index contributed by atoms with van der Waals surface area (Å²) >= 11 is 0. The van der Waals surface area contributed by atoms with Gasteiger partial charge in [-0.05, 0) is 60.1 Å². The lowest BCUT2D eigenvalue weighted by atomic mass is 9.84. The van der Waals surface area contributed by atoms with Gasteiger partial charge in [-0.25, -0.2) is 35.2 Å². The van der Waals surface area contributed by atoms with Gasteiger partial charge in [-0.3, -0.25) is 4.79 Å². The number of sulfonamides is 1. The van der Waals surface area contributed by atoms with Crippen LogP contribution in [0, 0.1) is 29.1 Å². The highest BCUT2D eigenvalue weighted by atomic mass is 32.2. The van der Waals surface area contributed by atoms with Crippen molar-refractivity contribution in [2.75, 3.05) is 25.1 Å². The van der Waals surface area contributed by atoms with E-state index < -0.39 is 62.4 Å². The molecule has 1 amide bonds. The zero-order chi connectivity index (χ0) is 39.0. The smallest absolute Gasteiger partial charge is 0.342 e. The Balaban J connectivity index is 1.50. The average molecular weight is 773 g/mol. The Morgan fingerprint density at radius 2 is 1.43 bits per heavy atom. The molecule has 4 aromatic carbocycles. The predicted molar refractivity (Wildman–Crippen MR) is 192 cm³/mol. The zero-order valence-corrected chi connectivity index (χ0v) is 30.7. The third kappa shape index (κ3) is 9.27. The molecule has 0 aromatic heterocycles. The van der Waals surface area contributed by atoms with E-state index in [1.54, 1.807) is 24.3 Å². The molecule has 0 unspecified atom stereocenters. The van der Waals surface area contributed by atoms with Crippen molar-refractivity contribution in [1.29, 1.82) is 0 Å². The van der Waals surface area contributed by atoms with E-state index in [-0.39, 0.29) is 41.1 Å². The maximum atomic E-state index is 14.6. The van der Waals surface area contributed by atoms with Crippen LogP contribution >= 0.6 is 0 Å². The van der Waals surface area contributed by atoms with Crippen LogP contribution in [0.5, 0.6) is 5.75 Å². The molecule has 0 atom stereocenters. The zero-order valence-electron chi connectivity index (χ0n) is 29.9. The largest absolute Gasteiger partial charge is 0.493 e. The number of ether oxygens (including phenoxy) is 2. The van der Waals surface area contributed by atoms with Crippen LogP contribution in [0.3, 0.4) is 0 Å². The number of anilines is 1. The van der Waals surface area contributed by atoms with Gasteiger partial charge in [-0.2, -0.15) is 4.31 Å². The van der Waals surface area contributed by atoms with Crippen LogP contribution in [0.2, 0.25) is 0 Å². The first-order chi connectivity index (χ1) is 25.8. The molecule has 0 aliphatic heterocycles. The fourth-order valence-electron chi connectivity index (χ4n) is 6.26. The van der Waals surface area contributed by atoms with Crippen molar-refractivity contribution in [2.45, 2.75) is 75.8 Å². The van der Waals surface area contributed by atoms with Gasteiger partial charge < -0.3 is 14.4 Å². The van der Waals surface area contributed by atoms with Gasteiger partial charge >= 0.3 is 5.97 Å². The number of carbonyl (C=O) groups excluding carboxylic acids is 2. The maximum Gasteiger partial charge on any atom is 0.342 e. The maximum absolute atomic E-state index is 14.6. The normalized spacial score (nSPS) is 13.6. The Labute approximate surface area is 311 Å². The van der Waals surface area contributed by atoms with E-state index in [1.807, 2.05) is 37.3 Å². The van der Waals surface area contributed by atoms with Gasteiger partial charge in [0.2, 0.25) is 21.7 Å². The summed E-state index contributed by atoms with van der Waals surface area (Å²) in [4.78, 5) is 26.7. The molecule has 0 bridgehead atoms. The molecule has 4 aromatic rings. The first-order valence-electron chi connectivity index (χ1n) is 17.7. The minimum Gasteiger partial charge on any atom is -0.493 e. The molecular formula is C40H41F5N2O6S. The molecule has 8 nitrogen and oxygen atoms in total. The number of hydrogen-bond acceptors (Lipinski definition) is 6. The summed E-state index contributed by atoms with van der Waals surface area (Å²) in [6.07, 6.45) is 7.06. The number of hydrogen-bond donors (Lipinski definition) is 0.